The number of anilines is 1. The first-order chi connectivity index (χ1) is 7.63. The van der Waals surface area contributed by atoms with E-state index >= 15 is 0 Å². The normalized spacial score (nSPS) is 10.4. The van der Waals surface area contributed by atoms with Crippen molar-refractivity contribution < 1.29 is 4.42 Å². The summed E-state index contributed by atoms with van der Waals surface area (Å²) in [6, 6.07) is 5.73. The van der Waals surface area contributed by atoms with E-state index in [0.717, 1.165) is 27.8 Å². The van der Waals surface area contributed by atoms with Crippen molar-refractivity contribution in [2.24, 2.45) is 0 Å². The Kier molecular flexibility index (Phi) is 3.24. The molecular formula is C11H12BrN3O. The molecule has 0 amide bonds. The molecule has 0 bridgehead atoms. The van der Waals surface area contributed by atoms with Crippen LogP contribution in [0.2, 0.25) is 0 Å². The summed E-state index contributed by atoms with van der Waals surface area (Å²) >= 11 is 3.33. The zero-order valence-corrected chi connectivity index (χ0v) is 10.7. The summed E-state index contributed by atoms with van der Waals surface area (Å²) in [7, 11) is 0. The number of hydrogen-bond donors (Lipinski definition) is 1. The summed E-state index contributed by atoms with van der Waals surface area (Å²) < 4.78 is 6.22. The summed E-state index contributed by atoms with van der Waals surface area (Å²) in [6.45, 7) is 4.40. The third-order valence-electron chi connectivity index (χ3n) is 2.05. The Bertz CT molecular complexity index is 475. The van der Waals surface area contributed by atoms with Crippen molar-refractivity contribution in [1.82, 2.24) is 9.97 Å². The fourth-order valence-corrected chi connectivity index (χ4v) is 1.85. The van der Waals surface area contributed by atoms with Crippen molar-refractivity contribution in [2.75, 3.05) is 5.32 Å². The van der Waals surface area contributed by atoms with E-state index in [4.69, 9.17) is 4.42 Å². The average Bonchev–Trinajstić information content (AvgIpc) is 2.60. The smallest absolute Gasteiger partial charge is 0.131 e. The molecule has 0 aliphatic carbocycles. The molecule has 0 aromatic carbocycles. The molecule has 0 fully saturated rings. The molecular weight excluding hydrogens is 270 g/mol. The summed E-state index contributed by atoms with van der Waals surface area (Å²) in [5.41, 5.74) is 0. The number of nitrogens with zero attached hydrogens (tertiary/aromatic N) is 2. The Morgan fingerprint density at radius 3 is 2.75 bits per heavy atom. The van der Waals surface area contributed by atoms with Gasteiger partial charge in [0.15, 0.2) is 0 Å². The molecule has 2 rings (SSSR count). The van der Waals surface area contributed by atoms with Crippen LogP contribution in [0.15, 0.2) is 27.2 Å². The standard InChI is InChI=1S/C11H12BrN3O/c1-7-3-4-9(16-7)6-13-11-5-10(12)14-8(2)15-11/h3-5H,6H2,1-2H3,(H,13,14,15). The molecule has 0 unspecified atom stereocenters. The van der Waals surface area contributed by atoms with E-state index in [0.29, 0.717) is 6.54 Å². The summed E-state index contributed by atoms with van der Waals surface area (Å²) in [5, 5.41) is 3.18. The third-order valence-corrected chi connectivity index (χ3v) is 2.45. The quantitative estimate of drug-likeness (QED) is 0.879. The molecule has 5 heteroatoms. The molecule has 2 aromatic heterocycles. The molecule has 0 spiro atoms. The van der Waals surface area contributed by atoms with Crippen LogP contribution in [0.5, 0.6) is 0 Å². The second-order valence-electron chi connectivity index (χ2n) is 3.49. The van der Waals surface area contributed by atoms with Gasteiger partial charge in [-0.2, -0.15) is 0 Å². The van der Waals surface area contributed by atoms with E-state index in [1.807, 2.05) is 32.0 Å². The van der Waals surface area contributed by atoms with E-state index in [-0.39, 0.29) is 0 Å². The van der Waals surface area contributed by atoms with Crippen LogP contribution in [-0.2, 0) is 6.54 Å². The Morgan fingerprint density at radius 2 is 2.12 bits per heavy atom. The third kappa shape index (κ3) is 2.82. The average molecular weight is 282 g/mol. The number of rotatable bonds is 3. The maximum Gasteiger partial charge on any atom is 0.131 e. The fourth-order valence-electron chi connectivity index (χ4n) is 1.38. The lowest BCUT2D eigenvalue weighted by Gasteiger charge is -2.04. The van der Waals surface area contributed by atoms with Crippen LogP contribution in [0.25, 0.3) is 0 Å². The molecule has 1 N–H and O–H groups in total. The van der Waals surface area contributed by atoms with Crippen molar-refractivity contribution in [3.05, 3.63) is 40.1 Å². The van der Waals surface area contributed by atoms with Gasteiger partial charge in [-0.3, -0.25) is 0 Å². The summed E-state index contributed by atoms with van der Waals surface area (Å²) in [5.74, 6) is 3.32. The minimum Gasteiger partial charge on any atom is -0.465 e. The van der Waals surface area contributed by atoms with Gasteiger partial charge >= 0.3 is 0 Å². The molecule has 2 aromatic rings. The Labute approximate surface area is 102 Å². The predicted molar refractivity (Wildman–Crippen MR) is 65.2 cm³/mol. The second kappa shape index (κ2) is 4.65. The Balaban J connectivity index is 2.04. The first-order valence-electron chi connectivity index (χ1n) is 4.94. The Hall–Kier alpha value is -1.36. The van der Waals surface area contributed by atoms with Crippen LogP contribution < -0.4 is 5.32 Å². The summed E-state index contributed by atoms with van der Waals surface area (Å²) in [6.07, 6.45) is 0. The van der Waals surface area contributed by atoms with Gasteiger partial charge in [0.25, 0.3) is 0 Å². The highest BCUT2D eigenvalue weighted by Gasteiger charge is 2.01. The maximum atomic E-state index is 5.45. The molecule has 2 heterocycles. The molecule has 4 nitrogen and oxygen atoms in total. The monoisotopic (exact) mass is 281 g/mol. The van der Waals surface area contributed by atoms with Crippen LogP contribution in [0.1, 0.15) is 17.3 Å². The highest BCUT2D eigenvalue weighted by molar-refractivity contribution is 9.10. The molecule has 0 aliphatic heterocycles. The first kappa shape index (κ1) is 11.1. The lowest BCUT2D eigenvalue weighted by Crippen LogP contribution is -2.02. The SMILES string of the molecule is Cc1nc(Br)cc(NCc2ccc(C)o2)n1. The second-order valence-corrected chi connectivity index (χ2v) is 4.30. The van der Waals surface area contributed by atoms with Crippen LogP contribution in [0.3, 0.4) is 0 Å². The largest absolute Gasteiger partial charge is 0.465 e. The van der Waals surface area contributed by atoms with Crippen LogP contribution in [-0.4, -0.2) is 9.97 Å². The molecule has 0 atom stereocenters. The van der Waals surface area contributed by atoms with Gasteiger partial charge < -0.3 is 9.73 Å². The molecule has 0 radical (unpaired) electrons. The highest BCUT2D eigenvalue weighted by Crippen LogP contribution is 2.13. The van der Waals surface area contributed by atoms with Crippen molar-refractivity contribution >= 4 is 21.7 Å². The van der Waals surface area contributed by atoms with E-state index in [9.17, 15) is 0 Å². The molecule has 0 aliphatic rings. The number of halogens is 1. The molecule has 0 saturated carbocycles. The van der Waals surface area contributed by atoms with Gasteiger partial charge in [-0.25, -0.2) is 9.97 Å². The first-order valence-corrected chi connectivity index (χ1v) is 5.73. The van der Waals surface area contributed by atoms with Gasteiger partial charge in [0.1, 0.15) is 27.8 Å². The fraction of sp³-hybridized carbons (Fsp3) is 0.273. The van der Waals surface area contributed by atoms with Crippen molar-refractivity contribution in [2.45, 2.75) is 20.4 Å². The molecule has 0 saturated heterocycles. The van der Waals surface area contributed by atoms with E-state index in [2.05, 4.69) is 31.2 Å². The number of hydrogen-bond acceptors (Lipinski definition) is 4. The predicted octanol–water partition coefficient (Wildman–Crippen LogP) is 3.06. The maximum absolute atomic E-state index is 5.45. The lowest BCUT2D eigenvalue weighted by molar-refractivity contribution is 0.490. The van der Waals surface area contributed by atoms with Gasteiger partial charge in [-0.1, -0.05) is 0 Å². The van der Waals surface area contributed by atoms with Crippen LogP contribution in [0, 0.1) is 13.8 Å². The highest BCUT2D eigenvalue weighted by atomic mass is 79.9. The van der Waals surface area contributed by atoms with E-state index < -0.39 is 0 Å². The minimum atomic E-state index is 0.622. The molecule has 84 valence electrons. The van der Waals surface area contributed by atoms with Crippen molar-refractivity contribution in [3.63, 3.8) is 0 Å². The topological polar surface area (TPSA) is 51.0 Å². The Morgan fingerprint density at radius 1 is 1.31 bits per heavy atom. The van der Waals surface area contributed by atoms with E-state index in [1.165, 1.54) is 0 Å². The minimum absolute atomic E-state index is 0.622. The summed E-state index contributed by atoms with van der Waals surface area (Å²) in [4.78, 5) is 8.40. The zero-order valence-electron chi connectivity index (χ0n) is 9.12. The van der Waals surface area contributed by atoms with Crippen molar-refractivity contribution in [3.8, 4) is 0 Å². The van der Waals surface area contributed by atoms with Crippen molar-refractivity contribution in [1.29, 1.82) is 0 Å². The zero-order chi connectivity index (χ0) is 11.5. The number of aromatic nitrogens is 2. The van der Waals surface area contributed by atoms with Gasteiger partial charge in [-0.15, -0.1) is 0 Å². The van der Waals surface area contributed by atoms with Crippen LogP contribution in [0.4, 0.5) is 5.82 Å². The lowest BCUT2D eigenvalue weighted by atomic mass is 10.4. The molecule has 16 heavy (non-hydrogen) atoms. The van der Waals surface area contributed by atoms with Gasteiger partial charge in [0.2, 0.25) is 0 Å². The van der Waals surface area contributed by atoms with Gasteiger partial charge in [0.05, 0.1) is 6.54 Å². The number of furan rings is 1. The van der Waals surface area contributed by atoms with Crippen LogP contribution >= 0.6 is 15.9 Å². The number of aryl methyl sites for hydroxylation is 2. The van der Waals surface area contributed by atoms with Gasteiger partial charge in [-0.05, 0) is 41.9 Å². The van der Waals surface area contributed by atoms with E-state index in [1.54, 1.807) is 0 Å². The number of nitrogens with one attached hydrogen (secondary N) is 1. The van der Waals surface area contributed by atoms with Gasteiger partial charge in [0, 0.05) is 6.07 Å².